The van der Waals surface area contributed by atoms with Crippen molar-refractivity contribution in [3.63, 3.8) is 0 Å². The molecule has 0 spiro atoms. The van der Waals surface area contributed by atoms with E-state index in [1.54, 1.807) is 0 Å². The molecule has 2 rings (SSSR count). The summed E-state index contributed by atoms with van der Waals surface area (Å²) in [7, 11) is 0. The molecule has 1 heterocycles. The van der Waals surface area contributed by atoms with Gasteiger partial charge in [0.05, 0.1) is 9.29 Å². The molecule has 0 amide bonds. The van der Waals surface area contributed by atoms with Gasteiger partial charge in [-0.1, -0.05) is 30.3 Å². The molecule has 0 bridgehead atoms. The van der Waals surface area contributed by atoms with E-state index in [0.29, 0.717) is 0 Å². The zero-order valence-corrected chi connectivity index (χ0v) is 11.7. The van der Waals surface area contributed by atoms with Crippen molar-refractivity contribution in [2.24, 2.45) is 10.7 Å². The van der Waals surface area contributed by atoms with Crippen molar-refractivity contribution in [2.45, 2.75) is 19.8 Å². The van der Waals surface area contributed by atoms with Crippen LogP contribution in [0.5, 0.6) is 0 Å². The Bertz CT molecular complexity index is 453. The van der Waals surface area contributed by atoms with Gasteiger partial charge >= 0.3 is 0 Å². The first-order valence-electron chi connectivity index (χ1n) is 5.41. The lowest BCUT2D eigenvalue weighted by Gasteiger charge is -2.23. The van der Waals surface area contributed by atoms with Crippen LogP contribution < -0.4 is 16.4 Å². The molecule has 0 radical (unpaired) electrons. The highest BCUT2D eigenvalue weighted by molar-refractivity contribution is 14.1. The first kappa shape index (κ1) is 12.4. The summed E-state index contributed by atoms with van der Waals surface area (Å²) >= 11 is 2.27. The molecule has 5 heteroatoms. The number of halogens is 1. The Balaban J connectivity index is 2.04. The molecule has 4 N–H and O–H groups in total. The van der Waals surface area contributed by atoms with Gasteiger partial charge in [-0.15, -0.1) is 0 Å². The van der Waals surface area contributed by atoms with Gasteiger partial charge in [-0.25, -0.2) is 4.99 Å². The molecule has 1 aliphatic rings. The van der Waals surface area contributed by atoms with E-state index in [1.165, 1.54) is 5.56 Å². The maximum atomic E-state index is 5.77. The summed E-state index contributed by atoms with van der Waals surface area (Å²) in [5, 5.41) is 6.47. The number of benzene rings is 1. The average Bonchev–Trinajstić information content (AvgIpc) is 2.33. The summed E-state index contributed by atoms with van der Waals surface area (Å²) in [6.07, 6.45) is -0.355. The zero-order valence-electron chi connectivity index (χ0n) is 9.57. The van der Waals surface area contributed by atoms with Gasteiger partial charge < -0.3 is 10.6 Å². The second-order valence-corrected chi connectivity index (χ2v) is 4.91. The van der Waals surface area contributed by atoms with Gasteiger partial charge in [-0.2, -0.15) is 0 Å². The average molecular weight is 342 g/mol. The van der Waals surface area contributed by atoms with Crippen LogP contribution in [0, 0.1) is 0 Å². The summed E-state index contributed by atoms with van der Waals surface area (Å²) in [5.74, 6) is 0.953. The van der Waals surface area contributed by atoms with Crippen molar-refractivity contribution >= 4 is 28.3 Å². The second-order valence-electron chi connectivity index (χ2n) is 3.83. The van der Waals surface area contributed by atoms with Crippen molar-refractivity contribution < 1.29 is 0 Å². The quantitative estimate of drug-likeness (QED) is 0.733. The van der Waals surface area contributed by atoms with Crippen LogP contribution in [0.1, 0.15) is 12.5 Å². The van der Waals surface area contributed by atoms with Gasteiger partial charge in [0.2, 0.25) is 0 Å². The van der Waals surface area contributed by atoms with Crippen molar-refractivity contribution in [3.8, 4) is 0 Å². The Morgan fingerprint density at radius 1 is 1.41 bits per heavy atom. The lowest BCUT2D eigenvalue weighted by atomic mass is 10.2. The number of nitrogens with one attached hydrogen (secondary N) is 2. The van der Waals surface area contributed by atoms with Crippen LogP contribution in [0.3, 0.4) is 0 Å². The van der Waals surface area contributed by atoms with Crippen LogP contribution in [0.15, 0.2) is 44.7 Å². The molecule has 1 unspecified atom stereocenters. The Kier molecular flexibility index (Phi) is 4.01. The number of nitrogens with two attached hydrogens (primary N) is 1. The van der Waals surface area contributed by atoms with Gasteiger partial charge in [-0.3, -0.25) is 5.73 Å². The molecule has 0 aliphatic carbocycles. The van der Waals surface area contributed by atoms with E-state index in [-0.39, 0.29) is 6.29 Å². The summed E-state index contributed by atoms with van der Waals surface area (Å²) in [6.45, 7) is 2.74. The molecule has 1 atom stereocenters. The Labute approximate surface area is 115 Å². The lowest BCUT2D eigenvalue weighted by Crippen LogP contribution is -2.43. The molecule has 0 saturated heterocycles. The van der Waals surface area contributed by atoms with Crippen molar-refractivity contribution in [3.05, 3.63) is 45.3 Å². The summed E-state index contributed by atoms with van der Waals surface area (Å²) in [6, 6.07) is 10.2. The van der Waals surface area contributed by atoms with Crippen LogP contribution in [0.4, 0.5) is 0 Å². The van der Waals surface area contributed by atoms with E-state index >= 15 is 0 Å². The van der Waals surface area contributed by atoms with Crippen LogP contribution >= 0.6 is 22.6 Å². The van der Waals surface area contributed by atoms with Crippen molar-refractivity contribution in [1.82, 2.24) is 10.6 Å². The molecule has 1 aliphatic heterocycles. The molecule has 1 aromatic rings. The number of hydrogen-bond donors (Lipinski definition) is 3. The second kappa shape index (κ2) is 5.50. The van der Waals surface area contributed by atoms with Crippen LogP contribution in [-0.4, -0.2) is 12.0 Å². The molecule has 0 saturated carbocycles. The summed E-state index contributed by atoms with van der Waals surface area (Å²) in [4.78, 5) is 4.25. The fourth-order valence-electron chi connectivity index (χ4n) is 1.60. The predicted octanol–water partition coefficient (Wildman–Crippen LogP) is 1.69. The third-order valence-corrected chi connectivity index (χ3v) is 3.79. The Hall–Kier alpha value is -1.08. The van der Waals surface area contributed by atoms with E-state index in [0.717, 1.165) is 21.7 Å². The summed E-state index contributed by atoms with van der Waals surface area (Å²) in [5.41, 5.74) is 7.97. The van der Waals surface area contributed by atoms with Crippen LogP contribution in [-0.2, 0) is 6.54 Å². The van der Waals surface area contributed by atoms with Gasteiger partial charge in [0.15, 0.2) is 6.29 Å². The normalized spacial score (nSPS) is 19.7. The Morgan fingerprint density at radius 2 is 2.12 bits per heavy atom. The number of aliphatic imine (C=N–C) groups is 1. The third kappa shape index (κ3) is 3.19. The topological polar surface area (TPSA) is 62.4 Å². The van der Waals surface area contributed by atoms with Gasteiger partial charge in [-0.05, 0) is 35.1 Å². The first-order valence-corrected chi connectivity index (χ1v) is 6.49. The lowest BCUT2D eigenvalue weighted by molar-refractivity contribution is 0.561. The highest BCUT2D eigenvalue weighted by Gasteiger charge is 2.15. The molecule has 4 nitrogen and oxygen atoms in total. The monoisotopic (exact) mass is 342 g/mol. The minimum absolute atomic E-state index is 0.355. The zero-order chi connectivity index (χ0) is 12.3. The number of allylic oxidation sites excluding steroid dienone is 1. The fourth-order valence-corrected chi connectivity index (χ4v) is 2.09. The smallest absolute Gasteiger partial charge is 0.172 e. The minimum Gasteiger partial charge on any atom is -0.367 e. The molecular formula is C12H15IN4. The van der Waals surface area contributed by atoms with E-state index in [4.69, 9.17) is 5.73 Å². The third-order valence-electron chi connectivity index (χ3n) is 2.47. The van der Waals surface area contributed by atoms with E-state index in [9.17, 15) is 0 Å². The molecule has 90 valence electrons. The van der Waals surface area contributed by atoms with Crippen molar-refractivity contribution in [2.75, 3.05) is 0 Å². The van der Waals surface area contributed by atoms with E-state index < -0.39 is 0 Å². The Morgan fingerprint density at radius 3 is 2.82 bits per heavy atom. The van der Waals surface area contributed by atoms with Gasteiger partial charge in [0.25, 0.3) is 0 Å². The van der Waals surface area contributed by atoms with Gasteiger partial charge in [0, 0.05) is 6.54 Å². The number of nitrogens with zero attached hydrogens (tertiary/aromatic N) is 1. The number of hydrogen-bond acceptors (Lipinski definition) is 4. The molecular weight excluding hydrogens is 327 g/mol. The molecule has 1 aromatic carbocycles. The predicted molar refractivity (Wildman–Crippen MR) is 78.5 cm³/mol. The highest BCUT2D eigenvalue weighted by Crippen LogP contribution is 2.16. The largest absolute Gasteiger partial charge is 0.367 e. The fraction of sp³-hybridized carbons (Fsp3) is 0.250. The first-order chi connectivity index (χ1) is 8.16. The summed E-state index contributed by atoms with van der Waals surface area (Å²) < 4.78 is 1.08. The standard InChI is InChI=1S/C12H15IN4/c1-8-10(13)11(17-12(14)16-8)15-7-9-5-3-2-4-6-9/h2-6,12,15,17H,7,14H2,1H3. The highest BCUT2D eigenvalue weighted by atomic mass is 127. The maximum Gasteiger partial charge on any atom is 0.172 e. The SMILES string of the molecule is CC1=NC(N)NC(NCc2ccccc2)=C1I. The van der Waals surface area contributed by atoms with E-state index in [2.05, 4.69) is 50.3 Å². The van der Waals surface area contributed by atoms with Gasteiger partial charge in [0.1, 0.15) is 5.82 Å². The van der Waals surface area contributed by atoms with Crippen LogP contribution in [0.25, 0.3) is 0 Å². The maximum absolute atomic E-state index is 5.77. The van der Waals surface area contributed by atoms with E-state index in [1.807, 2.05) is 25.1 Å². The molecule has 0 fully saturated rings. The minimum atomic E-state index is -0.355. The number of rotatable bonds is 3. The molecule has 17 heavy (non-hydrogen) atoms. The van der Waals surface area contributed by atoms with Crippen molar-refractivity contribution in [1.29, 1.82) is 0 Å². The van der Waals surface area contributed by atoms with Crippen LogP contribution in [0.2, 0.25) is 0 Å². The molecule has 0 aromatic heterocycles.